The number of carbonyl (C=O) groups excluding carboxylic acids is 1. The van der Waals surface area contributed by atoms with Crippen LogP contribution in [-0.2, 0) is 19.4 Å². The fraction of sp³-hybridized carbons (Fsp3) is 0.179. The van der Waals surface area contributed by atoms with Gasteiger partial charge in [-0.2, -0.15) is 0 Å². The molecule has 0 aliphatic rings. The van der Waals surface area contributed by atoms with Crippen LogP contribution in [0.15, 0.2) is 78.1 Å². The van der Waals surface area contributed by atoms with Crippen molar-refractivity contribution in [2.75, 3.05) is 7.05 Å². The van der Waals surface area contributed by atoms with Crippen molar-refractivity contribution < 1.29 is 9.18 Å². The summed E-state index contributed by atoms with van der Waals surface area (Å²) < 4.78 is 14.4. The second-order valence-electron chi connectivity index (χ2n) is 8.23. The van der Waals surface area contributed by atoms with Gasteiger partial charge in [-0.1, -0.05) is 41.9 Å². The molecule has 35 heavy (non-hydrogen) atoms. The van der Waals surface area contributed by atoms with Gasteiger partial charge in [0, 0.05) is 72.3 Å². The zero-order valence-corrected chi connectivity index (χ0v) is 20.4. The number of amides is 1. The van der Waals surface area contributed by atoms with E-state index in [1.54, 1.807) is 37.6 Å². The van der Waals surface area contributed by atoms with Gasteiger partial charge >= 0.3 is 0 Å². The average Bonchev–Trinajstić information content (AvgIpc) is 3.22. The van der Waals surface area contributed by atoms with Crippen LogP contribution in [0, 0.1) is 5.82 Å². The zero-order chi connectivity index (χ0) is 24.8. The summed E-state index contributed by atoms with van der Waals surface area (Å²) in [5.41, 5.74) is 5.54. The summed E-state index contributed by atoms with van der Waals surface area (Å²) in [6.45, 7) is 2.03. The first-order valence-corrected chi connectivity index (χ1v) is 11.7. The Labute approximate surface area is 208 Å². The van der Waals surface area contributed by atoms with Gasteiger partial charge in [0.2, 0.25) is 0 Å². The molecule has 0 atom stereocenters. The Morgan fingerprint density at radius 1 is 1.17 bits per heavy atom. The first-order chi connectivity index (χ1) is 17.0. The summed E-state index contributed by atoms with van der Waals surface area (Å²) in [5, 5.41) is 4.02. The Balaban J connectivity index is 1.40. The third-order valence-corrected chi connectivity index (χ3v) is 6.07. The normalized spacial score (nSPS) is 11.9. The minimum absolute atomic E-state index is 0.0531. The number of aromatic nitrogens is 2. The average molecular weight is 489 g/mol. The van der Waals surface area contributed by atoms with Gasteiger partial charge in [0.1, 0.15) is 5.82 Å². The molecule has 0 aliphatic heterocycles. The van der Waals surface area contributed by atoms with Crippen LogP contribution in [0.1, 0.15) is 39.7 Å². The Morgan fingerprint density at radius 2 is 1.94 bits per heavy atom. The van der Waals surface area contributed by atoms with E-state index in [0.29, 0.717) is 28.1 Å². The lowest BCUT2D eigenvalue weighted by Crippen LogP contribution is -2.23. The van der Waals surface area contributed by atoms with Crippen molar-refractivity contribution in [2.45, 2.75) is 26.3 Å². The largest absolute Gasteiger partial charge is 0.360 e. The second-order valence-corrected chi connectivity index (χ2v) is 8.64. The van der Waals surface area contributed by atoms with Gasteiger partial charge in [-0.05, 0) is 48.4 Å². The monoisotopic (exact) mass is 488 g/mol. The van der Waals surface area contributed by atoms with Gasteiger partial charge < -0.3 is 10.3 Å². The Hall–Kier alpha value is -3.77. The molecule has 0 bridgehead atoms. The van der Waals surface area contributed by atoms with Gasteiger partial charge in [0.15, 0.2) is 0 Å². The predicted octanol–water partition coefficient (Wildman–Crippen LogP) is 6.07. The van der Waals surface area contributed by atoms with E-state index in [-0.39, 0.29) is 12.5 Å². The van der Waals surface area contributed by atoms with Gasteiger partial charge in [0.25, 0.3) is 5.91 Å². The number of hydrogen-bond acceptors (Lipinski definition) is 3. The number of nitrogens with zero attached hydrogens (tertiary/aromatic N) is 2. The molecule has 4 rings (SSSR count). The van der Waals surface area contributed by atoms with Crippen molar-refractivity contribution in [2.24, 2.45) is 4.99 Å². The van der Waals surface area contributed by atoms with Crippen LogP contribution < -0.4 is 5.32 Å². The van der Waals surface area contributed by atoms with Gasteiger partial charge in [0.05, 0.1) is 5.02 Å². The van der Waals surface area contributed by atoms with E-state index in [1.165, 1.54) is 11.6 Å². The van der Waals surface area contributed by atoms with E-state index in [0.717, 1.165) is 28.8 Å². The molecule has 2 aromatic heterocycles. The minimum Gasteiger partial charge on any atom is -0.360 e. The number of H-pyrrole nitrogens is 1. The number of halogens is 2. The molecule has 0 aliphatic carbocycles. The van der Waals surface area contributed by atoms with Gasteiger partial charge in [-0.3, -0.25) is 14.8 Å². The van der Waals surface area contributed by atoms with E-state index < -0.39 is 5.82 Å². The number of carbonyl (C=O) groups is 1. The van der Waals surface area contributed by atoms with Crippen LogP contribution in [0.3, 0.4) is 0 Å². The molecular formula is C28H26ClFN4O. The maximum Gasteiger partial charge on any atom is 0.251 e. The predicted molar refractivity (Wildman–Crippen MR) is 140 cm³/mol. The smallest absolute Gasteiger partial charge is 0.251 e. The van der Waals surface area contributed by atoms with E-state index >= 15 is 0 Å². The standard InChI is InChI=1S/C28H26ClFN4O/c1-3-4-22(31-2)11-18-5-7-19(8-6-18)12-23-13-20(9-10-32-23)28(35)34-16-21-14-24-25(29)17-33-27(24)15-26(21)30/h3-10,13-15,17,33H,11-12,16H2,1-2H3,(H,34,35)/b4-3-,31-22?. The molecule has 4 aromatic rings. The first-order valence-electron chi connectivity index (χ1n) is 11.3. The minimum atomic E-state index is -0.404. The molecule has 0 unspecified atom stereocenters. The van der Waals surface area contributed by atoms with Crippen LogP contribution in [0.4, 0.5) is 4.39 Å². The Bertz CT molecular complexity index is 1410. The maximum atomic E-state index is 14.4. The molecule has 2 heterocycles. The SMILES string of the molecule is C/C=C\C(Cc1ccc(Cc2cc(C(=O)NCc3cc4c(Cl)c[nH]c4cc3F)ccn2)cc1)=NC. The molecule has 0 radical (unpaired) electrons. The molecule has 0 saturated heterocycles. The number of pyridine rings is 1. The molecule has 7 heteroatoms. The maximum absolute atomic E-state index is 14.4. The number of allylic oxidation sites excluding steroid dienone is 2. The number of aliphatic imine (C=N–C) groups is 1. The summed E-state index contributed by atoms with van der Waals surface area (Å²) in [5.74, 6) is -0.697. The van der Waals surface area contributed by atoms with E-state index in [1.807, 2.05) is 19.1 Å². The van der Waals surface area contributed by atoms with Crippen molar-refractivity contribution in [3.63, 3.8) is 0 Å². The molecule has 0 fully saturated rings. The summed E-state index contributed by atoms with van der Waals surface area (Å²) in [6.07, 6.45) is 8.60. The zero-order valence-electron chi connectivity index (χ0n) is 19.6. The van der Waals surface area contributed by atoms with Crippen molar-refractivity contribution >= 4 is 34.1 Å². The number of hydrogen-bond donors (Lipinski definition) is 2. The quantitative estimate of drug-likeness (QED) is 0.296. The van der Waals surface area contributed by atoms with Crippen LogP contribution in [0.2, 0.25) is 5.02 Å². The highest BCUT2D eigenvalue weighted by Crippen LogP contribution is 2.25. The van der Waals surface area contributed by atoms with Crippen LogP contribution in [0.25, 0.3) is 10.9 Å². The lowest BCUT2D eigenvalue weighted by molar-refractivity contribution is 0.0950. The summed E-state index contributed by atoms with van der Waals surface area (Å²) in [4.78, 5) is 24.4. The first kappa shape index (κ1) is 24.4. The molecule has 0 saturated carbocycles. The van der Waals surface area contributed by atoms with Crippen LogP contribution in [0.5, 0.6) is 0 Å². The van der Waals surface area contributed by atoms with E-state index in [4.69, 9.17) is 11.6 Å². The summed E-state index contributed by atoms with van der Waals surface area (Å²) in [7, 11) is 1.80. The second kappa shape index (κ2) is 11.1. The number of rotatable bonds is 8. The van der Waals surface area contributed by atoms with Crippen molar-refractivity contribution in [1.29, 1.82) is 0 Å². The lowest BCUT2D eigenvalue weighted by atomic mass is 10.0. The van der Waals surface area contributed by atoms with Crippen molar-refractivity contribution in [3.05, 3.63) is 112 Å². The lowest BCUT2D eigenvalue weighted by Gasteiger charge is -2.09. The number of benzene rings is 2. The molecule has 5 nitrogen and oxygen atoms in total. The third-order valence-electron chi connectivity index (χ3n) is 5.76. The topological polar surface area (TPSA) is 70.1 Å². The fourth-order valence-corrected chi connectivity index (χ4v) is 4.09. The number of fused-ring (bicyclic) bond motifs is 1. The number of nitrogens with one attached hydrogen (secondary N) is 2. The third kappa shape index (κ3) is 6.03. The Kier molecular flexibility index (Phi) is 7.73. The van der Waals surface area contributed by atoms with Crippen LogP contribution in [-0.4, -0.2) is 28.6 Å². The highest BCUT2D eigenvalue weighted by Gasteiger charge is 2.12. The highest BCUT2D eigenvalue weighted by atomic mass is 35.5. The number of aromatic amines is 1. The van der Waals surface area contributed by atoms with Gasteiger partial charge in [-0.15, -0.1) is 0 Å². The van der Waals surface area contributed by atoms with Crippen molar-refractivity contribution in [3.8, 4) is 0 Å². The van der Waals surface area contributed by atoms with E-state index in [9.17, 15) is 9.18 Å². The van der Waals surface area contributed by atoms with Crippen molar-refractivity contribution in [1.82, 2.24) is 15.3 Å². The molecule has 0 spiro atoms. The molecule has 178 valence electrons. The molecule has 2 aromatic carbocycles. The fourth-order valence-electron chi connectivity index (χ4n) is 3.88. The van der Waals surface area contributed by atoms with Crippen LogP contribution >= 0.6 is 11.6 Å². The summed E-state index contributed by atoms with van der Waals surface area (Å²) in [6, 6.07) is 14.8. The molecule has 1 amide bonds. The molecular weight excluding hydrogens is 463 g/mol. The highest BCUT2D eigenvalue weighted by molar-refractivity contribution is 6.35. The summed E-state index contributed by atoms with van der Waals surface area (Å²) >= 11 is 6.13. The molecule has 2 N–H and O–H groups in total. The Morgan fingerprint density at radius 3 is 2.69 bits per heavy atom. The van der Waals surface area contributed by atoms with E-state index in [2.05, 4.69) is 44.5 Å². The van der Waals surface area contributed by atoms with Gasteiger partial charge in [-0.25, -0.2) is 4.39 Å².